The zero-order valence-corrected chi connectivity index (χ0v) is 30.2. The lowest BCUT2D eigenvalue weighted by atomic mass is 9.62. The maximum absolute atomic E-state index is 2.63. The van der Waals surface area contributed by atoms with Crippen LogP contribution in [0.3, 0.4) is 0 Å². The number of fused-ring (bicyclic) bond motifs is 15. The van der Waals surface area contributed by atoms with Crippen LogP contribution in [0, 0.1) is 0 Å². The second kappa shape index (κ2) is 10.1. The Labute approximate surface area is 301 Å². The first-order valence-electron chi connectivity index (χ1n) is 18.2. The van der Waals surface area contributed by atoms with E-state index in [2.05, 4.69) is 170 Å². The van der Waals surface area contributed by atoms with E-state index in [9.17, 15) is 0 Å². The van der Waals surface area contributed by atoms with Gasteiger partial charge >= 0.3 is 0 Å². The summed E-state index contributed by atoms with van der Waals surface area (Å²) in [7, 11) is 0. The highest BCUT2D eigenvalue weighted by Gasteiger charge is 2.40. The van der Waals surface area contributed by atoms with Gasteiger partial charge < -0.3 is 9.13 Å². The van der Waals surface area contributed by atoms with Gasteiger partial charge in [0.25, 0.3) is 0 Å². The van der Waals surface area contributed by atoms with Gasteiger partial charge in [-0.25, -0.2) is 0 Å². The van der Waals surface area contributed by atoms with Gasteiger partial charge in [-0.1, -0.05) is 113 Å². The minimum Gasteiger partial charge on any atom is -0.307 e. The number of thiophene rings is 1. The fraction of sp³-hybridized carbons (Fsp3) is 0.167. The molecule has 0 aliphatic heterocycles. The smallest absolute Gasteiger partial charge is 0.0795 e. The number of aromatic nitrogens is 2. The maximum Gasteiger partial charge on any atom is 0.0795 e. The third-order valence-corrected chi connectivity index (χ3v) is 13.3. The van der Waals surface area contributed by atoms with E-state index in [-0.39, 0.29) is 10.8 Å². The molecule has 3 aromatic heterocycles. The minimum absolute atomic E-state index is 0.0270. The molecule has 11 rings (SSSR count). The van der Waals surface area contributed by atoms with E-state index in [1.807, 2.05) is 11.3 Å². The van der Waals surface area contributed by atoms with Crippen molar-refractivity contribution < 1.29 is 0 Å². The Morgan fingerprint density at radius 1 is 0.451 bits per heavy atom. The van der Waals surface area contributed by atoms with E-state index < -0.39 is 0 Å². The van der Waals surface area contributed by atoms with Crippen LogP contribution in [-0.2, 0) is 10.8 Å². The van der Waals surface area contributed by atoms with Crippen LogP contribution in [0.15, 0.2) is 133 Å². The summed E-state index contributed by atoms with van der Waals surface area (Å²) in [6, 6.07) is 50.1. The highest BCUT2D eigenvalue weighted by atomic mass is 32.1. The molecule has 0 bridgehead atoms. The molecule has 3 heteroatoms. The van der Waals surface area contributed by atoms with E-state index in [4.69, 9.17) is 0 Å². The molecule has 1 aliphatic rings. The van der Waals surface area contributed by atoms with E-state index in [1.54, 1.807) is 0 Å². The van der Waals surface area contributed by atoms with Crippen molar-refractivity contribution in [3.8, 4) is 11.4 Å². The van der Waals surface area contributed by atoms with Gasteiger partial charge in [-0.2, -0.15) is 0 Å². The van der Waals surface area contributed by atoms with Crippen molar-refractivity contribution in [1.82, 2.24) is 9.13 Å². The topological polar surface area (TPSA) is 9.86 Å². The number of hydrogen-bond donors (Lipinski definition) is 0. The van der Waals surface area contributed by atoms with Gasteiger partial charge in [-0.15, -0.1) is 11.3 Å². The molecule has 0 spiro atoms. The quantitative estimate of drug-likeness (QED) is 0.173. The molecule has 51 heavy (non-hydrogen) atoms. The zero-order valence-electron chi connectivity index (χ0n) is 29.4. The first kappa shape index (κ1) is 29.4. The van der Waals surface area contributed by atoms with Crippen LogP contribution >= 0.6 is 11.3 Å². The van der Waals surface area contributed by atoms with Crippen molar-refractivity contribution in [3.05, 3.63) is 145 Å². The highest BCUT2D eigenvalue weighted by Crippen LogP contribution is 2.54. The van der Waals surface area contributed by atoms with E-state index in [1.165, 1.54) is 103 Å². The molecule has 2 nitrogen and oxygen atoms in total. The van der Waals surface area contributed by atoms with Gasteiger partial charge in [-0.05, 0) is 94.1 Å². The Morgan fingerprint density at radius 2 is 1.06 bits per heavy atom. The molecule has 0 atom stereocenters. The molecule has 1 aliphatic carbocycles. The Kier molecular flexibility index (Phi) is 5.82. The Morgan fingerprint density at radius 3 is 1.86 bits per heavy atom. The summed E-state index contributed by atoms with van der Waals surface area (Å²) >= 11 is 1.89. The molecule has 0 N–H and O–H groups in total. The molecule has 7 aromatic carbocycles. The van der Waals surface area contributed by atoms with Crippen molar-refractivity contribution in [2.24, 2.45) is 0 Å². The molecule has 246 valence electrons. The predicted octanol–water partition coefficient (Wildman–Crippen LogP) is 13.8. The molecule has 0 unspecified atom stereocenters. The number of rotatable bonds is 2. The molecular weight excluding hydrogens is 637 g/mol. The van der Waals surface area contributed by atoms with E-state index >= 15 is 0 Å². The first-order valence-corrected chi connectivity index (χ1v) is 19.1. The van der Waals surface area contributed by atoms with Crippen LogP contribution in [0.2, 0.25) is 0 Å². The van der Waals surface area contributed by atoms with Crippen molar-refractivity contribution in [2.45, 2.75) is 51.4 Å². The summed E-state index contributed by atoms with van der Waals surface area (Å²) < 4.78 is 7.83. The average Bonchev–Trinajstić information content (AvgIpc) is 3.81. The van der Waals surface area contributed by atoms with Crippen LogP contribution in [0.25, 0.3) is 85.9 Å². The molecule has 0 saturated carbocycles. The van der Waals surface area contributed by atoms with Crippen molar-refractivity contribution in [2.75, 3.05) is 0 Å². The van der Waals surface area contributed by atoms with Gasteiger partial charge in [0, 0.05) is 53.1 Å². The molecule has 0 saturated heterocycles. The molecular formula is C48H38N2S. The predicted molar refractivity (Wildman–Crippen MR) is 221 cm³/mol. The summed E-state index contributed by atoms with van der Waals surface area (Å²) in [4.78, 5) is 0. The Balaban J connectivity index is 1.46. The molecule has 10 aromatic rings. The Hall–Kier alpha value is -5.38. The molecule has 3 heterocycles. The summed E-state index contributed by atoms with van der Waals surface area (Å²) in [6.45, 7) is 9.86. The lowest BCUT2D eigenvalue weighted by Crippen LogP contribution is -2.34. The average molecular weight is 675 g/mol. The SMILES string of the molecule is CC1(C)CCC(C)(C)c2c1ccc1c2c2c3ccccc3c3c4ccccc4n(-c4ccccc4)c3c2n1-c1ccc2sc3ccccc3c2c1. The van der Waals surface area contributed by atoms with E-state index in [0.717, 1.165) is 6.42 Å². The van der Waals surface area contributed by atoms with Gasteiger partial charge in [-0.3, -0.25) is 0 Å². The van der Waals surface area contributed by atoms with Gasteiger partial charge in [0.1, 0.15) is 0 Å². The second-order valence-corrected chi connectivity index (χ2v) is 17.0. The molecule has 0 radical (unpaired) electrons. The van der Waals surface area contributed by atoms with Crippen LogP contribution in [-0.4, -0.2) is 9.13 Å². The highest BCUT2D eigenvalue weighted by molar-refractivity contribution is 7.25. The first-order chi connectivity index (χ1) is 24.8. The third kappa shape index (κ3) is 3.88. The van der Waals surface area contributed by atoms with Crippen molar-refractivity contribution in [3.63, 3.8) is 0 Å². The summed E-state index contributed by atoms with van der Waals surface area (Å²) in [5, 5.41) is 10.7. The van der Waals surface area contributed by atoms with Crippen LogP contribution in [0.5, 0.6) is 0 Å². The molecule has 0 amide bonds. The number of benzene rings is 7. The monoisotopic (exact) mass is 674 g/mol. The van der Waals surface area contributed by atoms with Gasteiger partial charge in [0.15, 0.2) is 0 Å². The fourth-order valence-electron chi connectivity index (χ4n) is 9.64. The lowest BCUT2D eigenvalue weighted by molar-refractivity contribution is 0.334. The van der Waals surface area contributed by atoms with Crippen molar-refractivity contribution in [1.29, 1.82) is 0 Å². The third-order valence-electron chi connectivity index (χ3n) is 12.1. The maximum atomic E-state index is 2.63. The van der Waals surface area contributed by atoms with Gasteiger partial charge in [0.05, 0.1) is 22.1 Å². The summed E-state index contributed by atoms with van der Waals surface area (Å²) in [5.41, 5.74) is 10.6. The number of nitrogens with zero attached hydrogens (tertiary/aromatic N) is 2. The van der Waals surface area contributed by atoms with Crippen LogP contribution in [0.4, 0.5) is 0 Å². The number of hydrogen-bond acceptors (Lipinski definition) is 1. The van der Waals surface area contributed by atoms with Crippen LogP contribution in [0.1, 0.15) is 51.7 Å². The van der Waals surface area contributed by atoms with E-state index in [0.29, 0.717) is 0 Å². The number of para-hydroxylation sites is 2. The minimum atomic E-state index is 0.0270. The lowest BCUT2D eigenvalue weighted by Gasteiger charge is -2.42. The second-order valence-electron chi connectivity index (χ2n) is 15.9. The van der Waals surface area contributed by atoms with Crippen molar-refractivity contribution >= 4 is 85.9 Å². The summed E-state index contributed by atoms with van der Waals surface area (Å²) in [5.74, 6) is 0. The zero-order chi connectivity index (χ0) is 34.2. The normalized spacial score (nSPS) is 15.6. The molecule has 0 fully saturated rings. The fourth-order valence-corrected chi connectivity index (χ4v) is 10.7. The Bertz CT molecular complexity index is 3080. The largest absolute Gasteiger partial charge is 0.307 e. The summed E-state index contributed by atoms with van der Waals surface area (Å²) in [6.07, 6.45) is 2.35. The van der Waals surface area contributed by atoms with Gasteiger partial charge in [0.2, 0.25) is 0 Å². The van der Waals surface area contributed by atoms with Crippen LogP contribution < -0.4 is 0 Å². The standard InChI is InChI=1S/C48H38N2S/c1-47(2)26-27-48(3,4)44-36(47)23-24-38-43(44)42-33-18-9-8-17-32(33)41-34-19-10-12-20-37(34)49(29-14-6-5-7-15-29)45(41)46(42)50(38)30-22-25-40-35(28-30)31-16-11-13-21-39(31)51-40/h5-25,28H,26-27H2,1-4H3.